The molecule has 1 amide bonds. The quantitative estimate of drug-likeness (QED) is 0.795. The van der Waals surface area contributed by atoms with E-state index in [-0.39, 0.29) is 25.0 Å². The zero-order valence-corrected chi connectivity index (χ0v) is 15.4. The van der Waals surface area contributed by atoms with E-state index in [9.17, 15) is 9.59 Å². The molecular weight excluding hydrogens is 338 g/mol. The molecule has 132 valence electrons. The monoisotopic (exact) mass is 359 g/mol. The molecule has 0 aliphatic carbocycles. The topological polar surface area (TPSA) is 55.4 Å². The zero-order chi connectivity index (χ0) is 18.4. The van der Waals surface area contributed by atoms with Crippen LogP contribution in [0.15, 0.2) is 42.5 Å². The number of carbonyl (C=O) groups is 2. The standard InChI is InChI=1S/C20H22ClNO3/c1-13-8-9-16(10-14(13)2)11-20(24)25-12-19(23)22-15(3)17-6-4-5-7-18(17)21/h4-10,15H,11-12H2,1-3H3,(H,22,23)/t15-/m1/s1. The number of benzene rings is 2. The lowest BCUT2D eigenvalue weighted by molar-refractivity contribution is -0.148. The van der Waals surface area contributed by atoms with Gasteiger partial charge in [-0.05, 0) is 49.1 Å². The molecule has 2 aromatic carbocycles. The number of aryl methyl sites for hydroxylation is 2. The maximum atomic E-state index is 12.0. The van der Waals surface area contributed by atoms with Crippen LogP contribution >= 0.6 is 11.6 Å². The van der Waals surface area contributed by atoms with Gasteiger partial charge in [-0.1, -0.05) is 48.0 Å². The number of esters is 1. The van der Waals surface area contributed by atoms with Crippen molar-refractivity contribution in [2.75, 3.05) is 6.61 Å². The Labute approximate surface area is 153 Å². The minimum atomic E-state index is -0.427. The van der Waals surface area contributed by atoms with Gasteiger partial charge in [-0.2, -0.15) is 0 Å². The van der Waals surface area contributed by atoms with E-state index >= 15 is 0 Å². The lowest BCUT2D eigenvalue weighted by atomic mass is 10.0. The highest BCUT2D eigenvalue weighted by Gasteiger charge is 2.14. The average Bonchev–Trinajstić information content (AvgIpc) is 2.56. The number of rotatable bonds is 6. The molecule has 5 heteroatoms. The predicted molar refractivity (Wildman–Crippen MR) is 98.6 cm³/mol. The summed E-state index contributed by atoms with van der Waals surface area (Å²) in [5, 5.41) is 3.36. The predicted octanol–water partition coefficient (Wildman–Crippen LogP) is 3.92. The molecule has 0 spiro atoms. The van der Waals surface area contributed by atoms with Crippen LogP contribution in [0.2, 0.25) is 5.02 Å². The third-order valence-electron chi connectivity index (χ3n) is 4.03. The molecule has 0 aromatic heterocycles. The third-order valence-corrected chi connectivity index (χ3v) is 4.38. The van der Waals surface area contributed by atoms with Crippen LogP contribution in [0.3, 0.4) is 0 Å². The second kappa shape index (κ2) is 8.67. The second-order valence-electron chi connectivity index (χ2n) is 6.07. The molecule has 0 radical (unpaired) electrons. The Morgan fingerprint density at radius 2 is 1.84 bits per heavy atom. The molecule has 0 bridgehead atoms. The maximum Gasteiger partial charge on any atom is 0.310 e. The molecule has 0 saturated carbocycles. The number of nitrogens with one attached hydrogen (secondary N) is 1. The number of ether oxygens (including phenoxy) is 1. The van der Waals surface area contributed by atoms with Gasteiger partial charge in [-0.25, -0.2) is 0 Å². The molecule has 0 fully saturated rings. The van der Waals surface area contributed by atoms with Gasteiger partial charge in [0.15, 0.2) is 6.61 Å². The average molecular weight is 360 g/mol. The Morgan fingerprint density at radius 1 is 1.12 bits per heavy atom. The van der Waals surface area contributed by atoms with Gasteiger partial charge in [0.2, 0.25) is 0 Å². The van der Waals surface area contributed by atoms with Gasteiger partial charge in [-0.3, -0.25) is 9.59 Å². The lowest BCUT2D eigenvalue weighted by Crippen LogP contribution is -2.31. The minimum absolute atomic E-state index is 0.147. The van der Waals surface area contributed by atoms with Crippen LogP contribution in [0.1, 0.15) is 35.2 Å². The summed E-state index contributed by atoms with van der Waals surface area (Å²) in [6.45, 7) is 5.53. The SMILES string of the molecule is Cc1ccc(CC(=O)OCC(=O)N[C@H](C)c2ccccc2Cl)cc1C. The van der Waals surface area contributed by atoms with E-state index in [2.05, 4.69) is 5.32 Å². The molecule has 2 rings (SSSR count). The van der Waals surface area contributed by atoms with E-state index in [1.54, 1.807) is 6.07 Å². The van der Waals surface area contributed by atoms with Crippen molar-refractivity contribution in [1.29, 1.82) is 0 Å². The molecule has 0 aliphatic heterocycles. The maximum absolute atomic E-state index is 12.0. The number of amides is 1. The number of hydrogen-bond donors (Lipinski definition) is 1. The van der Waals surface area contributed by atoms with Crippen molar-refractivity contribution < 1.29 is 14.3 Å². The van der Waals surface area contributed by atoms with Crippen molar-refractivity contribution in [3.63, 3.8) is 0 Å². The largest absolute Gasteiger partial charge is 0.455 e. The molecule has 0 heterocycles. The highest BCUT2D eigenvalue weighted by Crippen LogP contribution is 2.21. The van der Waals surface area contributed by atoms with Crippen molar-refractivity contribution in [2.24, 2.45) is 0 Å². The van der Waals surface area contributed by atoms with Crippen molar-refractivity contribution in [3.05, 3.63) is 69.7 Å². The van der Waals surface area contributed by atoms with Crippen molar-refractivity contribution in [3.8, 4) is 0 Å². The number of halogens is 1. The van der Waals surface area contributed by atoms with Gasteiger partial charge in [0.1, 0.15) is 0 Å². The summed E-state index contributed by atoms with van der Waals surface area (Å²) >= 11 is 6.11. The highest BCUT2D eigenvalue weighted by atomic mass is 35.5. The molecule has 0 saturated heterocycles. The summed E-state index contributed by atoms with van der Waals surface area (Å²) in [7, 11) is 0. The van der Waals surface area contributed by atoms with Crippen molar-refractivity contribution in [1.82, 2.24) is 5.32 Å². The molecule has 2 aromatic rings. The summed E-state index contributed by atoms with van der Waals surface area (Å²) in [5.74, 6) is -0.787. The first-order valence-corrected chi connectivity index (χ1v) is 8.50. The molecular formula is C20H22ClNO3. The minimum Gasteiger partial charge on any atom is -0.455 e. The summed E-state index contributed by atoms with van der Waals surface area (Å²) in [6.07, 6.45) is 0.147. The van der Waals surface area contributed by atoms with E-state index < -0.39 is 5.97 Å². The van der Waals surface area contributed by atoms with Crippen LogP contribution in [0.5, 0.6) is 0 Å². The van der Waals surface area contributed by atoms with E-state index in [4.69, 9.17) is 16.3 Å². The van der Waals surface area contributed by atoms with Crippen LogP contribution in [-0.4, -0.2) is 18.5 Å². The first kappa shape index (κ1) is 19.0. The Bertz CT molecular complexity index is 773. The summed E-state index contributed by atoms with van der Waals surface area (Å²) in [4.78, 5) is 23.9. The second-order valence-corrected chi connectivity index (χ2v) is 6.47. The van der Waals surface area contributed by atoms with Crippen LogP contribution in [-0.2, 0) is 20.7 Å². The van der Waals surface area contributed by atoms with E-state index in [1.807, 2.05) is 57.2 Å². The molecule has 0 unspecified atom stereocenters. The zero-order valence-electron chi connectivity index (χ0n) is 14.6. The van der Waals surface area contributed by atoms with Gasteiger partial charge < -0.3 is 10.1 Å². The van der Waals surface area contributed by atoms with Gasteiger partial charge in [0, 0.05) is 5.02 Å². The van der Waals surface area contributed by atoms with Gasteiger partial charge in [0.25, 0.3) is 5.91 Å². The third kappa shape index (κ3) is 5.61. The number of hydrogen-bond acceptors (Lipinski definition) is 3. The number of carbonyl (C=O) groups excluding carboxylic acids is 2. The molecule has 1 N–H and O–H groups in total. The Hall–Kier alpha value is -2.33. The first-order chi connectivity index (χ1) is 11.9. The molecule has 4 nitrogen and oxygen atoms in total. The van der Waals surface area contributed by atoms with Crippen LogP contribution in [0.25, 0.3) is 0 Å². The van der Waals surface area contributed by atoms with Crippen LogP contribution in [0.4, 0.5) is 0 Å². The fourth-order valence-electron chi connectivity index (χ4n) is 2.46. The normalized spacial score (nSPS) is 11.7. The van der Waals surface area contributed by atoms with Crippen LogP contribution < -0.4 is 5.32 Å². The smallest absolute Gasteiger partial charge is 0.310 e. The molecule has 1 atom stereocenters. The van der Waals surface area contributed by atoms with E-state index in [1.165, 1.54) is 5.56 Å². The summed E-state index contributed by atoms with van der Waals surface area (Å²) in [6, 6.07) is 12.8. The van der Waals surface area contributed by atoms with Gasteiger partial charge >= 0.3 is 5.97 Å². The summed E-state index contributed by atoms with van der Waals surface area (Å²) in [5.41, 5.74) is 3.98. The van der Waals surface area contributed by atoms with Crippen molar-refractivity contribution in [2.45, 2.75) is 33.2 Å². The Balaban J connectivity index is 1.82. The lowest BCUT2D eigenvalue weighted by Gasteiger charge is -2.15. The Morgan fingerprint density at radius 3 is 2.52 bits per heavy atom. The van der Waals surface area contributed by atoms with E-state index in [0.29, 0.717) is 5.02 Å². The van der Waals surface area contributed by atoms with Crippen molar-refractivity contribution >= 4 is 23.5 Å². The van der Waals surface area contributed by atoms with Crippen LogP contribution in [0, 0.1) is 13.8 Å². The summed E-state index contributed by atoms with van der Waals surface area (Å²) < 4.78 is 5.06. The Kier molecular flexibility index (Phi) is 6.59. The fourth-order valence-corrected chi connectivity index (χ4v) is 2.76. The first-order valence-electron chi connectivity index (χ1n) is 8.12. The highest BCUT2D eigenvalue weighted by molar-refractivity contribution is 6.31. The molecule has 0 aliphatic rings. The van der Waals surface area contributed by atoms with E-state index in [0.717, 1.165) is 16.7 Å². The van der Waals surface area contributed by atoms with Gasteiger partial charge in [-0.15, -0.1) is 0 Å². The fraction of sp³-hybridized carbons (Fsp3) is 0.300. The molecule has 25 heavy (non-hydrogen) atoms. The van der Waals surface area contributed by atoms with Gasteiger partial charge in [0.05, 0.1) is 12.5 Å².